The average Bonchev–Trinajstić information content (AvgIpc) is 1.51. The molecule has 434 valence electrons. The summed E-state index contributed by atoms with van der Waals surface area (Å²) in [5, 5.41) is 7.30. The highest BCUT2D eigenvalue weighted by Gasteiger charge is 2.49. The average molecular weight is 1180 g/mol. The third kappa shape index (κ3) is 9.01. The van der Waals surface area contributed by atoms with E-state index in [-0.39, 0.29) is 21.7 Å². The molecule has 1 atom stereocenters. The molecule has 0 aliphatic heterocycles. The van der Waals surface area contributed by atoms with E-state index in [9.17, 15) is 0 Å². The van der Waals surface area contributed by atoms with E-state index in [1.54, 1.807) is 0 Å². The molecular weight excluding hydrogens is 1110 g/mol. The van der Waals surface area contributed by atoms with Crippen molar-refractivity contribution in [3.63, 3.8) is 0 Å². The lowest BCUT2D eigenvalue weighted by atomic mass is 9.67. The van der Waals surface area contributed by atoms with Crippen LogP contribution < -0.4 is 9.80 Å². The largest absolute Gasteiger partial charge is 0.454 e. The van der Waals surface area contributed by atoms with Gasteiger partial charge in [0, 0.05) is 79.6 Å². The SMILES string of the molecule is CC(C)(C)c1ccc(N(c2ccc(C(C)(C)C)cc2)c2ccc3c(c2)C(c2ccc4c(c2)sc2ccccc24)(c2ccc4sc5ccccc5c4c2)c2cc(N(c4ccc(C(C)(C)C)cc4)c4ccc(C(C)(C)C)cc4)c4oc5ccccc5c4c2-3)cc1. The minimum Gasteiger partial charge on any atom is -0.454 e. The number of hydrogen-bond donors (Lipinski definition) is 0. The fraction of sp³-hybridized carbons (Fsp3) is 0.205. The van der Waals surface area contributed by atoms with Crippen LogP contribution in [0.3, 0.4) is 0 Å². The smallest absolute Gasteiger partial charge is 0.160 e. The predicted molar refractivity (Wildman–Crippen MR) is 381 cm³/mol. The number of para-hydroxylation sites is 1. The monoisotopic (exact) mass is 1180 g/mol. The highest BCUT2D eigenvalue weighted by Crippen LogP contribution is 2.63. The van der Waals surface area contributed by atoms with Crippen LogP contribution in [0.15, 0.2) is 235 Å². The summed E-state index contributed by atoms with van der Waals surface area (Å²) in [5.74, 6) is 0. The molecule has 1 unspecified atom stereocenters. The first-order chi connectivity index (χ1) is 42.1. The van der Waals surface area contributed by atoms with Crippen LogP contribution in [-0.4, -0.2) is 0 Å². The first-order valence-corrected chi connectivity index (χ1v) is 32.8. The zero-order valence-electron chi connectivity index (χ0n) is 52.6. The number of benzene rings is 11. The Bertz CT molecular complexity index is 4930. The molecule has 0 amide bonds. The molecule has 1 aliphatic rings. The molecule has 14 aromatic rings. The molecule has 3 heterocycles. The van der Waals surface area contributed by atoms with E-state index in [0.717, 1.165) is 56.1 Å². The second-order valence-corrected chi connectivity index (χ2v) is 30.7. The van der Waals surface area contributed by atoms with Crippen molar-refractivity contribution in [3.05, 3.63) is 275 Å². The van der Waals surface area contributed by atoms with E-state index in [1.165, 1.54) is 96.0 Å². The van der Waals surface area contributed by atoms with Gasteiger partial charge in [0.25, 0.3) is 0 Å². The molecule has 3 nitrogen and oxygen atoms in total. The van der Waals surface area contributed by atoms with Crippen LogP contribution in [0.2, 0.25) is 0 Å². The van der Waals surface area contributed by atoms with Crippen LogP contribution >= 0.6 is 22.7 Å². The van der Waals surface area contributed by atoms with Crippen LogP contribution in [0.1, 0.15) is 128 Å². The van der Waals surface area contributed by atoms with Gasteiger partial charge >= 0.3 is 0 Å². The molecule has 1 aliphatic carbocycles. The van der Waals surface area contributed by atoms with Crippen LogP contribution in [-0.2, 0) is 27.1 Å². The third-order valence-corrected chi connectivity index (χ3v) is 21.1. The highest BCUT2D eigenvalue weighted by atomic mass is 32.1. The van der Waals surface area contributed by atoms with Crippen LogP contribution in [0.5, 0.6) is 0 Å². The minimum atomic E-state index is -0.890. The van der Waals surface area contributed by atoms with E-state index in [4.69, 9.17) is 4.42 Å². The number of hydrogen-bond acceptors (Lipinski definition) is 5. The van der Waals surface area contributed by atoms with E-state index in [0.29, 0.717) is 0 Å². The van der Waals surface area contributed by atoms with Gasteiger partial charge in [0.1, 0.15) is 5.58 Å². The fourth-order valence-electron chi connectivity index (χ4n) is 14.0. The maximum atomic E-state index is 7.47. The number of rotatable bonds is 8. The third-order valence-electron chi connectivity index (χ3n) is 18.8. The van der Waals surface area contributed by atoms with Gasteiger partial charge in [-0.1, -0.05) is 210 Å². The second-order valence-electron chi connectivity index (χ2n) is 28.6. The van der Waals surface area contributed by atoms with Gasteiger partial charge in [-0.25, -0.2) is 0 Å². The first kappa shape index (κ1) is 55.8. The van der Waals surface area contributed by atoms with Crippen molar-refractivity contribution in [1.82, 2.24) is 0 Å². The second kappa shape index (κ2) is 20.2. The summed E-state index contributed by atoms with van der Waals surface area (Å²) in [4.78, 5) is 4.95. The quantitative estimate of drug-likeness (QED) is 0.151. The minimum absolute atomic E-state index is 0.0101. The van der Waals surface area contributed by atoms with E-state index in [2.05, 4.69) is 323 Å². The van der Waals surface area contributed by atoms with Gasteiger partial charge in [-0.05, 0) is 180 Å². The van der Waals surface area contributed by atoms with Gasteiger partial charge < -0.3 is 14.2 Å². The summed E-state index contributed by atoms with van der Waals surface area (Å²) in [6.07, 6.45) is 0. The van der Waals surface area contributed by atoms with Gasteiger partial charge in [-0.15, -0.1) is 22.7 Å². The molecule has 0 saturated heterocycles. The van der Waals surface area contributed by atoms with Crippen molar-refractivity contribution in [2.24, 2.45) is 0 Å². The Labute approximate surface area is 526 Å². The summed E-state index contributed by atoms with van der Waals surface area (Å²) in [7, 11) is 0. The molecule has 3 aromatic heterocycles. The van der Waals surface area contributed by atoms with Crippen molar-refractivity contribution < 1.29 is 4.42 Å². The molecule has 15 rings (SSSR count). The first-order valence-electron chi connectivity index (χ1n) is 31.1. The topological polar surface area (TPSA) is 19.6 Å². The summed E-state index contributed by atoms with van der Waals surface area (Å²) in [6.45, 7) is 27.6. The van der Waals surface area contributed by atoms with Crippen LogP contribution in [0.25, 0.3) is 73.4 Å². The molecule has 5 heteroatoms. The Hall–Kier alpha value is -8.74. The number of anilines is 6. The summed E-state index contributed by atoms with van der Waals surface area (Å²) in [6, 6.07) is 88.4. The molecule has 0 saturated carbocycles. The van der Waals surface area contributed by atoms with Gasteiger partial charge in [0.05, 0.1) is 11.1 Å². The van der Waals surface area contributed by atoms with Gasteiger partial charge in [-0.2, -0.15) is 0 Å². The van der Waals surface area contributed by atoms with Crippen LogP contribution in [0, 0.1) is 0 Å². The molecule has 11 aromatic carbocycles. The molecule has 0 fully saturated rings. The van der Waals surface area contributed by atoms with E-state index >= 15 is 0 Å². The number of fused-ring (bicyclic) bond motifs is 13. The van der Waals surface area contributed by atoms with Crippen molar-refractivity contribution in [3.8, 4) is 11.1 Å². The lowest BCUT2D eigenvalue weighted by Gasteiger charge is -2.36. The molecule has 88 heavy (non-hydrogen) atoms. The lowest BCUT2D eigenvalue weighted by Crippen LogP contribution is -2.29. The fourth-order valence-corrected chi connectivity index (χ4v) is 16.2. The Balaban J connectivity index is 1.10. The van der Waals surface area contributed by atoms with E-state index < -0.39 is 5.41 Å². The Morgan fingerprint density at radius 3 is 1.28 bits per heavy atom. The predicted octanol–water partition coefficient (Wildman–Crippen LogP) is 24.8. The van der Waals surface area contributed by atoms with Crippen molar-refractivity contribution in [1.29, 1.82) is 0 Å². The van der Waals surface area contributed by atoms with Crippen molar-refractivity contribution >= 4 is 119 Å². The number of nitrogens with zero attached hydrogens (tertiary/aromatic N) is 2. The van der Waals surface area contributed by atoms with Gasteiger partial charge in [0.2, 0.25) is 0 Å². The summed E-state index contributed by atoms with van der Waals surface area (Å²) >= 11 is 3.77. The number of furan rings is 1. The van der Waals surface area contributed by atoms with Gasteiger partial charge in [-0.3, -0.25) is 0 Å². The maximum Gasteiger partial charge on any atom is 0.160 e. The maximum absolute atomic E-state index is 7.47. The van der Waals surface area contributed by atoms with Crippen molar-refractivity contribution in [2.45, 2.75) is 110 Å². The normalized spacial score (nSPS) is 14.6. The Kier molecular flexibility index (Phi) is 12.8. The highest BCUT2D eigenvalue weighted by molar-refractivity contribution is 7.26. The zero-order chi connectivity index (χ0) is 60.8. The standard InChI is InChI=1S/C83H74N2OS2/c1-79(2,3)51-25-35-57(36-26-51)84(58-37-27-52(28-38-58)80(4,5)6)61-43-45-65-68(49-61)83(55-34-46-74-67(47-55)63-20-15-18-24-73(63)87-74,56-33-44-64-62-19-14-17-23-72(62)88-75(64)48-56)69-50-70(78-77(76(65)69)66-21-13-16-22-71(66)86-78)85(59-39-29-53(30-40-59)81(7,8)9)60-41-31-54(32-42-60)82(10,11)12/h13-50H,1-12H3. The molecular formula is C83H74N2OS2. The molecule has 0 bridgehead atoms. The molecule has 0 spiro atoms. The summed E-state index contributed by atoms with van der Waals surface area (Å²) < 4.78 is 12.6. The lowest BCUT2D eigenvalue weighted by molar-refractivity contribution is 0.590. The number of thiophene rings is 2. The zero-order valence-corrected chi connectivity index (χ0v) is 54.2. The Morgan fingerprint density at radius 1 is 0.330 bits per heavy atom. The van der Waals surface area contributed by atoms with E-state index in [1.807, 2.05) is 22.7 Å². The van der Waals surface area contributed by atoms with Crippen LogP contribution in [0.4, 0.5) is 34.1 Å². The van der Waals surface area contributed by atoms with Gasteiger partial charge in [0.15, 0.2) is 5.58 Å². The van der Waals surface area contributed by atoms with Crippen molar-refractivity contribution in [2.75, 3.05) is 9.80 Å². The molecule has 0 radical (unpaired) electrons. The summed E-state index contributed by atoms with van der Waals surface area (Å²) in [5.41, 5.74) is 19.5. The Morgan fingerprint density at radius 2 is 0.750 bits per heavy atom. The molecule has 0 N–H and O–H groups in total.